The summed E-state index contributed by atoms with van der Waals surface area (Å²) in [4.78, 5) is 18.8. The number of carbonyl (C=O) groups excluding carboxylic acids is 1. The highest BCUT2D eigenvalue weighted by molar-refractivity contribution is 7.89. The van der Waals surface area contributed by atoms with E-state index in [1.54, 1.807) is 23.1 Å². The fourth-order valence-corrected chi connectivity index (χ4v) is 5.81. The molecule has 0 radical (unpaired) electrons. The van der Waals surface area contributed by atoms with Gasteiger partial charge in [-0.3, -0.25) is 4.90 Å². The lowest BCUT2D eigenvalue weighted by Crippen LogP contribution is -2.40. The molecule has 0 spiro atoms. The molecule has 9 heteroatoms. The predicted molar refractivity (Wildman–Crippen MR) is 123 cm³/mol. The van der Waals surface area contributed by atoms with Crippen molar-refractivity contribution in [3.05, 3.63) is 59.2 Å². The molecule has 5 rings (SSSR count). The predicted octanol–water partition coefficient (Wildman–Crippen LogP) is 2.54. The van der Waals surface area contributed by atoms with E-state index in [-0.39, 0.29) is 29.5 Å². The number of sulfonamides is 1. The van der Waals surface area contributed by atoms with Gasteiger partial charge in [0.05, 0.1) is 17.5 Å². The molecule has 2 aromatic rings. The maximum absolute atomic E-state index is 13.4. The minimum absolute atomic E-state index is 0.000156. The average molecular weight is 454 g/mol. The lowest BCUT2D eigenvalue weighted by molar-refractivity contribution is 0.246. The molecule has 2 heterocycles. The number of amides is 2. The Kier molecular flexibility index (Phi) is 5.08. The monoisotopic (exact) mass is 453 g/mol. The van der Waals surface area contributed by atoms with Crippen molar-refractivity contribution in [2.24, 2.45) is 16.6 Å². The summed E-state index contributed by atoms with van der Waals surface area (Å²) >= 11 is 0. The number of nitrogens with one attached hydrogen (secondary N) is 1. The summed E-state index contributed by atoms with van der Waals surface area (Å²) in [6, 6.07) is 12.3. The molecule has 1 atom stereocenters. The van der Waals surface area contributed by atoms with Crippen molar-refractivity contribution < 1.29 is 13.2 Å². The van der Waals surface area contributed by atoms with Crippen molar-refractivity contribution in [3.63, 3.8) is 0 Å². The zero-order valence-electron chi connectivity index (χ0n) is 18.0. The normalized spacial score (nSPS) is 20.3. The van der Waals surface area contributed by atoms with E-state index in [4.69, 9.17) is 5.73 Å². The Labute approximate surface area is 188 Å². The Morgan fingerprint density at radius 2 is 2.00 bits per heavy atom. The molecule has 8 nitrogen and oxygen atoms in total. The second-order valence-electron chi connectivity index (χ2n) is 8.72. The van der Waals surface area contributed by atoms with E-state index in [1.807, 2.05) is 31.2 Å². The highest BCUT2D eigenvalue weighted by Crippen LogP contribution is 2.34. The van der Waals surface area contributed by atoms with Crippen LogP contribution in [0.4, 0.5) is 10.5 Å². The number of carbonyl (C=O) groups is 1. The van der Waals surface area contributed by atoms with E-state index in [1.165, 1.54) is 17.1 Å². The van der Waals surface area contributed by atoms with Gasteiger partial charge in [0.1, 0.15) is 0 Å². The van der Waals surface area contributed by atoms with Crippen LogP contribution in [0.15, 0.2) is 52.4 Å². The summed E-state index contributed by atoms with van der Waals surface area (Å²) in [5.41, 5.74) is 9.68. The van der Waals surface area contributed by atoms with Crippen molar-refractivity contribution in [1.29, 1.82) is 0 Å². The summed E-state index contributed by atoms with van der Waals surface area (Å²) in [5, 5.41) is 2.98. The second kappa shape index (κ2) is 7.81. The third-order valence-corrected chi connectivity index (χ3v) is 8.21. The number of urea groups is 1. The lowest BCUT2D eigenvalue weighted by atomic mass is 10.0. The van der Waals surface area contributed by atoms with Gasteiger partial charge in [0.2, 0.25) is 5.96 Å². The Morgan fingerprint density at radius 1 is 1.22 bits per heavy atom. The number of benzene rings is 2. The first-order valence-electron chi connectivity index (χ1n) is 10.9. The Bertz CT molecular complexity index is 1210. The van der Waals surface area contributed by atoms with Crippen LogP contribution < -0.4 is 16.0 Å². The molecular weight excluding hydrogens is 426 g/mol. The van der Waals surface area contributed by atoms with Crippen LogP contribution in [0.25, 0.3) is 0 Å². The first-order chi connectivity index (χ1) is 15.3. The maximum Gasteiger partial charge on any atom is 0.321 e. The molecule has 0 aromatic heterocycles. The Morgan fingerprint density at radius 3 is 2.75 bits per heavy atom. The highest BCUT2D eigenvalue weighted by Gasteiger charge is 2.36. The van der Waals surface area contributed by atoms with Gasteiger partial charge >= 0.3 is 6.03 Å². The van der Waals surface area contributed by atoms with Gasteiger partial charge in [0.25, 0.3) is 10.0 Å². The molecule has 2 aromatic carbocycles. The number of nitrogens with zero attached hydrogens (tertiary/aromatic N) is 3. The zero-order chi connectivity index (χ0) is 22.5. The van der Waals surface area contributed by atoms with Crippen LogP contribution in [0.1, 0.15) is 35.6 Å². The van der Waals surface area contributed by atoms with E-state index < -0.39 is 10.0 Å². The van der Waals surface area contributed by atoms with Gasteiger partial charge in [0.15, 0.2) is 0 Å². The van der Waals surface area contributed by atoms with Crippen molar-refractivity contribution in [3.8, 4) is 0 Å². The molecule has 2 aliphatic heterocycles. The van der Waals surface area contributed by atoms with Crippen LogP contribution in [0.5, 0.6) is 0 Å². The zero-order valence-corrected chi connectivity index (χ0v) is 18.8. The van der Waals surface area contributed by atoms with Crippen LogP contribution in [0.3, 0.4) is 0 Å². The summed E-state index contributed by atoms with van der Waals surface area (Å²) < 4.78 is 27.9. The number of aliphatic imine (C=N–C) groups is 1. The first kappa shape index (κ1) is 20.8. The average Bonchev–Trinajstić information content (AvgIpc) is 3.37. The molecule has 0 bridgehead atoms. The van der Waals surface area contributed by atoms with Crippen LogP contribution >= 0.6 is 0 Å². The summed E-state index contributed by atoms with van der Waals surface area (Å²) in [7, 11) is -3.86. The van der Waals surface area contributed by atoms with Gasteiger partial charge in [-0.15, -0.1) is 0 Å². The second-order valence-corrected chi connectivity index (χ2v) is 10.6. The largest absolute Gasteiger partial charge is 0.369 e. The van der Waals surface area contributed by atoms with Crippen molar-refractivity contribution in [2.45, 2.75) is 37.1 Å². The molecule has 1 unspecified atom stereocenters. The molecule has 3 aliphatic rings. The Hall–Kier alpha value is -3.07. The fraction of sp³-hybridized carbons (Fsp3) is 0.391. The first-order valence-corrected chi connectivity index (χ1v) is 12.4. The van der Waals surface area contributed by atoms with Crippen LogP contribution in [0.2, 0.25) is 0 Å². The Balaban J connectivity index is 1.35. The summed E-state index contributed by atoms with van der Waals surface area (Å²) in [5.74, 6) is 0.601. The number of guanidine groups is 1. The van der Waals surface area contributed by atoms with Gasteiger partial charge in [-0.25, -0.2) is 22.5 Å². The van der Waals surface area contributed by atoms with E-state index in [0.717, 1.165) is 22.4 Å². The third kappa shape index (κ3) is 3.70. The van der Waals surface area contributed by atoms with Crippen molar-refractivity contribution in [1.82, 2.24) is 9.62 Å². The number of hydrogen-bond donors (Lipinski definition) is 2. The summed E-state index contributed by atoms with van der Waals surface area (Å²) in [6.07, 6.45) is 2.96. The number of hydrogen-bond acceptors (Lipinski definition) is 5. The van der Waals surface area contributed by atoms with E-state index in [2.05, 4.69) is 10.3 Å². The standard InChI is InChI=1S/C23H27N5O3S/c1-15-4-2-3-5-19(15)20-14-28(22(24)26-20)32(30,31)18-8-9-21-17(12-18)10-11-27(21)23(29)25-13-16-6-7-16/h2-5,8-9,12,16,20H,6-7,10-11,13-14H2,1H3,(H2,24,26)(H,25,29). The number of rotatable bonds is 5. The van der Waals surface area contributed by atoms with E-state index >= 15 is 0 Å². The minimum atomic E-state index is -3.86. The lowest BCUT2D eigenvalue weighted by Gasteiger charge is -2.21. The maximum atomic E-state index is 13.4. The van der Waals surface area contributed by atoms with E-state index in [0.29, 0.717) is 25.4 Å². The third-order valence-electron chi connectivity index (χ3n) is 6.45. The van der Waals surface area contributed by atoms with Gasteiger partial charge in [-0.05, 0) is 67.0 Å². The summed E-state index contributed by atoms with van der Waals surface area (Å²) in [6.45, 7) is 3.39. The number of aryl methyl sites for hydroxylation is 1. The van der Waals surface area contributed by atoms with Gasteiger partial charge in [-0.1, -0.05) is 24.3 Å². The molecule has 1 saturated carbocycles. The number of nitrogens with two attached hydrogens (primary N) is 1. The molecule has 2 amide bonds. The molecule has 168 valence electrons. The van der Waals surface area contributed by atoms with Crippen molar-refractivity contribution >= 4 is 27.7 Å². The molecule has 1 fully saturated rings. The van der Waals surface area contributed by atoms with Gasteiger partial charge in [-0.2, -0.15) is 0 Å². The molecule has 0 saturated heterocycles. The van der Waals surface area contributed by atoms with Crippen LogP contribution in [-0.2, 0) is 16.4 Å². The topological polar surface area (TPSA) is 108 Å². The van der Waals surface area contributed by atoms with Crippen molar-refractivity contribution in [2.75, 3.05) is 24.5 Å². The van der Waals surface area contributed by atoms with Crippen LogP contribution in [-0.4, -0.2) is 44.3 Å². The minimum Gasteiger partial charge on any atom is -0.369 e. The molecule has 32 heavy (non-hydrogen) atoms. The van der Waals surface area contributed by atoms with Gasteiger partial charge < -0.3 is 11.1 Å². The van der Waals surface area contributed by atoms with Crippen LogP contribution in [0, 0.1) is 12.8 Å². The number of fused-ring (bicyclic) bond motifs is 1. The quantitative estimate of drug-likeness (QED) is 0.725. The molecule has 3 N–H and O–H groups in total. The van der Waals surface area contributed by atoms with Gasteiger partial charge in [0, 0.05) is 18.8 Å². The SMILES string of the molecule is Cc1ccccc1C1CN(S(=O)(=O)c2ccc3c(c2)CCN3C(=O)NCC2CC2)C(N)=N1. The molecular formula is C23H27N5O3S. The van der Waals surface area contributed by atoms with E-state index in [9.17, 15) is 13.2 Å². The molecule has 1 aliphatic carbocycles. The number of anilines is 1. The highest BCUT2D eigenvalue weighted by atomic mass is 32.2. The fourth-order valence-electron chi connectivity index (χ4n) is 4.39. The smallest absolute Gasteiger partial charge is 0.321 e.